The maximum absolute atomic E-state index is 11.9. The van der Waals surface area contributed by atoms with E-state index < -0.39 is 0 Å². The zero-order valence-corrected chi connectivity index (χ0v) is 12.1. The largest absolute Gasteiger partial charge is 0.319 e. The van der Waals surface area contributed by atoms with Gasteiger partial charge in [0.25, 0.3) is 5.91 Å². The number of carbonyl (C=O) groups is 1. The van der Waals surface area contributed by atoms with Crippen molar-refractivity contribution >= 4 is 50.7 Å². The smallest absolute Gasteiger partial charge is 0.255 e. The molecule has 0 aliphatic carbocycles. The molecule has 1 aromatic heterocycles. The highest BCUT2D eigenvalue weighted by atomic mass is 79.9. The van der Waals surface area contributed by atoms with Crippen LogP contribution in [0.2, 0.25) is 10.2 Å². The average molecular weight is 346 g/mol. The Bertz CT molecular complexity index is 587. The Morgan fingerprint density at radius 2 is 1.89 bits per heavy atom. The second-order valence-corrected chi connectivity index (χ2v) is 5.16. The molecule has 0 unspecified atom stereocenters. The van der Waals surface area contributed by atoms with Crippen LogP contribution in [0.4, 0.5) is 5.69 Å². The van der Waals surface area contributed by atoms with E-state index in [2.05, 4.69) is 26.2 Å². The van der Waals surface area contributed by atoms with Gasteiger partial charge >= 0.3 is 0 Å². The molecule has 1 amide bonds. The van der Waals surface area contributed by atoms with Gasteiger partial charge in [0.05, 0.1) is 5.69 Å². The summed E-state index contributed by atoms with van der Waals surface area (Å²) in [6.45, 7) is 0. The molecule has 0 fully saturated rings. The van der Waals surface area contributed by atoms with Crippen molar-refractivity contribution in [3.63, 3.8) is 0 Å². The van der Waals surface area contributed by atoms with Crippen molar-refractivity contribution in [2.24, 2.45) is 0 Å². The minimum Gasteiger partial charge on any atom is -0.319 e. The van der Waals surface area contributed by atoms with Gasteiger partial charge in [-0.2, -0.15) is 0 Å². The van der Waals surface area contributed by atoms with Crippen LogP contribution >= 0.6 is 39.1 Å². The third kappa shape index (κ3) is 3.22. The van der Waals surface area contributed by atoms with Crippen molar-refractivity contribution in [1.82, 2.24) is 4.98 Å². The average Bonchev–Trinajstić information content (AvgIpc) is 2.34. The molecular formula is C12H7BrCl2N2O. The second-order valence-electron chi connectivity index (χ2n) is 3.45. The normalized spacial score (nSPS) is 10.2. The van der Waals surface area contributed by atoms with Crippen molar-refractivity contribution in [1.29, 1.82) is 0 Å². The van der Waals surface area contributed by atoms with Crippen LogP contribution in [-0.4, -0.2) is 10.9 Å². The van der Waals surface area contributed by atoms with E-state index in [1.54, 1.807) is 36.5 Å². The molecule has 2 aromatic rings. The Balaban J connectivity index is 2.21. The summed E-state index contributed by atoms with van der Waals surface area (Å²) in [7, 11) is 0. The SMILES string of the molecule is O=C(Nc1cc(Br)cnc1Cl)c1ccc(Cl)cc1. The number of carbonyl (C=O) groups excluding carboxylic acids is 1. The lowest BCUT2D eigenvalue weighted by atomic mass is 10.2. The molecule has 0 radical (unpaired) electrons. The fourth-order valence-electron chi connectivity index (χ4n) is 1.31. The van der Waals surface area contributed by atoms with Gasteiger partial charge in [0, 0.05) is 21.3 Å². The van der Waals surface area contributed by atoms with Crippen LogP contribution in [0.3, 0.4) is 0 Å². The first kappa shape index (κ1) is 13.3. The predicted molar refractivity (Wildman–Crippen MR) is 76.4 cm³/mol. The summed E-state index contributed by atoms with van der Waals surface area (Å²) in [6, 6.07) is 8.26. The molecule has 18 heavy (non-hydrogen) atoms. The first-order valence-corrected chi connectivity index (χ1v) is 6.49. The third-order valence-corrected chi connectivity index (χ3v) is 3.15. The number of nitrogens with one attached hydrogen (secondary N) is 1. The molecule has 2 rings (SSSR count). The Morgan fingerprint density at radius 3 is 2.56 bits per heavy atom. The number of aromatic nitrogens is 1. The highest BCUT2D eigenvalue weighted by molar-refractivity contribution is 9.10. The zero-order valence-electron chi connectivity index (χ0n) is 8.95. The van der Waals surface area contributed by atoms with Crippen LogP contribution in [0.1, 0.15) is 10.4 Å². The summed E-state index contributed by atoms with van der Waals surface area (Å²) < 4.78 is 0.735. The second kappa shape index (κ2) is 5.69. The molecule has 3 nitrogen and oxygen atoms in total. The van der Waals surface area contributed by atoms with E-state index in [1.807, 2.05) is 0 Å². The Kier molecular flexibility index (Phi) is 4.22. The van der Waals surface area contributed by atoms with Gasteiger partial charge in [0.2, 0.25) is 0 Å². The van der Waals surface area contributed by atoms with Crippen LogP contribution in [-0.2, 0) is 0 Å². The van der Waals surface area contributed by atoms with E-state index in [4.69, 9.17) is 23.2 Å². The lowest BCUT2D eigenvalue weighted by Gasteiger charge is -2.07. The fraction of sp³-hybridized carbons (Fsp3) is 0. The number of hydrogen-bond acceptors (Lipinski definition) is 2. The highest BCUT2D eigenvalue weighted by Crippen LogP contribution is 2.23. The van der Waals surface area contributed by atoms with E-state index in [0.29, 0.717) is 16.3 Å². The molecule has 0 saturated heterocycles. The summed E-state index contributed by atoms with van der Waals surface area (Å²) in [5, 5.41) is 3.49. The molecule has 0 bridgehead atoms. The maximum Gasteiger partial charge on any atom is 0.255 e. The fourth-order valence-corrected chi connectivity index (χ4v) is 1.91. The molecule has 6 heteroatoms. The monoisotopic (exact) mass is 344 g/mol. The Hall–Kier alpha value is -1.10. The van der Waals surface area contributed by atoms with Crippen molar-refractivity contribution in [2.45, 2.75) is 0 Å². The summed E-state index contributed by atoms with van der Waals surface area (Å²) in [4.78, 5) is 15.9. The number of hydrogen-bond donors (Lipinski definition) is 1. The van der Waals surface area contributed by atoms with Gasteiger partial charge in [-0.05, 0) is 46.3 Å². The summed E-state index contributed by atoms with van der Waals surface area (Å²) in [5.41, 5.74) is 0.946. The number of benzene rings is 1. The maximum atomic E-state index is 11.9. The first-order chi connectivity index (χ1) is 8.56. The first-order valence-electron chi connectivity index (χ1n) is 4.94. The van der Waals surface area contributed by atoms with Gasteiger partial charge in [-0.1, -0.05) is 23.2 Å². The number of pyridine rings is 1. The van der Waals surface area contributed by atoms with E-state index in [1.165, 1.54) is 0 Å². The van der Waals surface area contributed by atoms with Crippen molar-refractivity contribution in [2.75, 3.05) is 5.32 Å². The zero-order chi connectivity index (χ0) is 13.1. The molecule has 0 aliphatic rings. The number of nitrogens with zero attached hydrogens (tertiary/aromatic N) is 1. The van der Waals surface area contributed by atoms with Crippen LogP contribution in [0.15, 0.2) is 41.0 Å². The Morgan fingerprint density at radius 1 is 1.22 bits per heavy atom. The molecule has 0 aliphatic heterocycles. The van der Waals surface area contributed by atoms with Gasteiger partial charge in [0.1, 0.15) is 0 Å². The van der Waals surface area contributed by atoms with Crippen LogP contribution < -0.4 is 5.32 Å². The lowest BCUT2D eigenvalue weighted by Crippen LogP contribution is -2.12. The highest BCUT2D eigenvalue weighted by Gasteiger charge is 2.09. The molecule has 1 heterocycles. The van der Waals surface area contributed by atoms with Crippen LogP contribution in [0.5, 0.6) is 0 Å². The topological polar surface area (TPSA) is 42.0 Å². The molecular weight excluding hydrogens is 339 g/mol. The van der Waals surface area contributed by atoms with Gasteiger partial charge in [-0.15, -0.1) is 0 Å². The number of halogens is 3. The van der Waals surface area contributed by atoms with Crippen LogP contribution in [0, 0.1) is 0 Å². The quantitative estimate of drug-likeness (QED) is 0.819. The minimum absolute atomic E-state index is 0.237. The summed E-state index contributed by atoms with van der Waals surface area (Å²) in [5.74, 6) is -0.270. The molecule has 0 atom stereocenters. The van der Waals surface area contributed by atoms with E-state index in [0.717, 1.165) is 4.47 Å². The van der Waals surface area contributed by atoms with E-state index >= 15 is 0 Å². The standard InChI is InChI=1S/C12H7BrCl2N2O/c13-8-5-10(11(15)16-6-8)17-12(18)7-1-3-9(14)4-2-7/h1-6H,(H,17,18). The third-order valence-electron chi connectivity index (χ3n) is 2.16. The summed E-state index contributed by atoms with van der Waals surface area (Å²) in [6.07, 6.45) is 1.56. The predicted octanol–water partition coefficient (Wildman–Crippen LogP) is 4.40. The lowest BCUT2D eigenvalue weighted by molar-refractivity contribution is 0.102. The van der Waals surface area contributed by atoms with Crippen molar-refractivity contribution < 1.29 is 4.79 Å². The van der Waals surface area contributed by atoms with Gasteiger partial charge in [-0.3, -0.25) is 4.79 Å². The van der Waals surface area contributed by atoms with E-state index in [-0.39, 0.29) is 11.1 Å². The van der Waals surface area contributed by atoms with E-state index in [9.17, 15) is 4.79 Å². The van der Waals surface area contributed by atoms with Crippen LogP contribution in [0.25, 0.3) is 0 Å². The number of amides is 1. The molecule has 1 aromatic carbocycles. The molecule has 0 saturated carbocycles. The van der Waals surface area contributed by atoms with Gasteiger partial charge < -0.3 is 5.32 Å². The molecule has 0 spiro atoms. The van der Waals surface area contributed by atoms with Gasteiger partial charge in [-0.25, -0.2) is 4.98 Å². The number of anilines is 1. The molecule has 1 N–H and O–H groups in total. The molecule has 92 valence electrons. The number of rotatable bonds is 2. The van der Waals surface area contributed by atoms with Crippen molar-refractivity contribution in [3.8, 4) is 0 Å². The minimum atomic E-state index is -0.270. The summed E-state index contributed by atoms with van der Waals surface area (Å²) >= 11 is 14.9. The van der Waals surface area contributed by atoms with Crippen molar-refractivity contribution in [3.05, 3.63) is 56.7 Å². The Labute approximate surface area is 122 Å². The van der Waals surface area contributed by atoms with Gasteiger partial charge in [0.15, 0.2) is 5.15 Å².